The van der Waals surface area contributed by atoms with Crippen molar-refractivity contribution in [3.8, 4) is 0 Å². The quantitative estimate of drug-likeness (QED) is 0.692. The van der Waals surface area contributed by atoms with E-state index in [4.69, 9.17) is 5.73 Å². The number of hydrogen-bond acceptors (Lipinski definition) is 3. The zero-order valence-corrected chi connectivity index (χ0v) is 17.2. The molecule has 2 aromatic rings. The van der Waals surface area contributed by atoms with Crippen molar-refractivity contribution in [2.45, 2.75) is 38.1 Å². The molecule has 4 rings (SSSR count). The van der Waals surface area contributed by atoms with Crippen LogP contribution >= 0.6 is 12.4 Å². The Hall–Kier alpha value is -2.37. The number of carbonyl (C=O) groups excluding carboxylic acids is 2. The summed E-state index contributed by atoms with van der Waals surface area (Å²) in [6.07, 6.45) is 5.31. The average molecular weight is 414 g/mol. The lowest BCUT2D eigenvalue weighted by Crippen LogP contribution is -2.48. The third-order valence-electron chi connectivity index (χ3n) is 6.23. The Balaban J connectivity index is 0.00000240. The molecule has 2 fully saturated rings. The van der Waals surface area contributed by atoms with Gasteiger partial charge in [-0.1, -0.05) is 24.6 Å². The lowest BCUT2D eigenvalue weighted by Gasteiger charge is -2.43. The molecule has 6 heteroatoms. The number of para-hydroxylation sites is 1. The van der Waals surface area contributed by atoms with E-state index >= 15 is 0 Å². The number of anilines is 2. The van der Waals surface area contributed by atoms with Gasteiger partial charge in [0.15, 0.2) is 0 Å². The van der Waals surface area contributed by atoms with Crippen LogP contribution in [0.1, 0.15) is 42.5 Å². The van der Waals surface area contributed by atoms with E-state index in [0.29, 0.717) is 17.4 Å². The molecule has 0 aliphatic heterocycles. The molecule has 0 aromatic heterocycles. The number of carbonyl (C=O) groups is 2. The lowest BCUT2D eigenvalue weighted by molar-refractivity contribution is -0.122. The van der Waals surface area contributed by atoms with Gasteiger partial charge in [-0.3, -0.25) is 9.59 Å². The molecule has 29 heavy (non-hydrogen) atoms. The van der Waals surface area contributed by atoms with Crippen molar-refractivity contribution in [1.82, 2.24) is 0 Å². The number of halogens is 1. The van der Waals surface area contributed by atoms with Crippen LogP contribution in [0.25, 0.3) is 0 Å². The zero-order valence-electron chi connectivity index (χ0n) is 16.3. The maximum atomic E-state index is 12.7. The molecule has 2 atom stereocenters. The third-order valence-corrected chi connectivity index (χ3v) is 6.23. The van der Waals surface area contributed by atoms with E-state index in [1.54, 1.807) is 24.3 Å². The van der Waals surface area contributed by atoms with Gasteiger partial charge in [0.2, 0.25) is 5.91 Å². The van der Waals surface area contributed by atoms with Gasteiger partial charge in [0.1, 0.15) is 0 Å². The first-order valence-electron chi connectivity index (χ1n) is 10.1. The van der Waals surface area contributed by atoms with Gasteiger partial charge in [-0.2, -0.15) is 0 Å². The molecule has 2 aliphatic rings. The Kier molecular flexibility index (Phi) is 6.93. The summed E-state index contributed by atoms with van der Waals surface area (Å²) in [5, 5.41) is 5.88. The monoisotopic (exact) mass is 413 g/mol. The van der Waals surface area contributed by atoms with Crippen molar-refractivity contribution in [2.75, 3.05) is 10.6 Å². The summed E-state index contributed by atoms with van der Waals surface area (Å²) >= 11 is 0. The maximum absolute atomic E-state index is 12.7. The second-order valence-electron chi connectivity index (χ2n) is 8.08. The summed E-state index contributed by atoms with van der Waals surface area (Å²) < 4.78 is 0. The van der Waals surface area contributed by atoms with Gasteiger partial charge in [-0.05, 0) is 73.9 Å². The van der Waals surface area contributed by atoms with E-state index in [-0.39, 0.29) is 36.2 Å². The van der Waals surface area contributed by atoms with Gasteiger partial charge in [0.25, 0.3) is 5.91 Å². The van der Waals surface area contributed by atoms with Gasteiger partial charge in [0.05, 0.1) is 0 Å². The standard InChI is InChI=1S/C23H27N3O2.ClH/c24-21-16-5-4-6-17(21)14-18(13-16)23(28)26-20-11-9-15(10-12-20)22(27)25-19-7-2-1-3-8-19;/h1-3,7-12,16-18,21H,4-6,13-14,24H2,(H,25,27)(H,26,28);1H. The number of fused-ring (bicyclic) bond motifs is 2. The summed E-state index contributed by atoms with van der Waals surface area (Å²) in [5.74, 6) is 0.902. The molecular weight excluding hydrogens is 386 g/mol. The van der Waals surface area contributed by atoms with E-state index in [9.17, 15) is 9.59 Å². The topological polar surface area (TPSA) is 84.2 Å². The molecule has 2 unspecified atom stereocenters. The molecule has 2 bridgehead atoms. The zero-order chi connectivity index (χ0) is 19.5. The van der Waals surface area contributed by atoms with E-state index < -0.39 is 0 Å². The Bertz CT molecular complexity index is 827. The maximum Gasteiger partial charge on any atom is 0.255 e. The Labute approximate surface area is 177 Å². The molecule has 2 aliphatic carbocycles. The first-order valence-corrected chi connectivity index (χ1v) is 10.1. The summed E-state index contributed by atoms with van der Waals surface area (Å²) in [6, 6.07) is 16.6. The fourth-order valence-electron chi connectivity index (χ4n) is 4.68. The highest BCUT2D eigenvalue weighted by molar-refractivity contribution is 6.04. The van der Waals surface area contributed by atoms with Crippen molar-refractivity contribution in [1.29, 1.82) is 0 Å². The van der Waals surface area contributed by atoms with Crippen LogP contribution in [-0.4, -0.2) is 17.9 Å². The highest BCUT2D eigenvalue weighted by Gasteiger charge is 2.40. The second kappa shape index (κ2) is 9.42. The van der Waals surface area contributed by atoms with Crippen LogP contribution in [0.2, 0.25) is 0 Å². The summed E-state index contributed by atoms with van der Waals surface area (Å²) in [5.41, 5.74) is 8.36. The van der Waals surface area contributed by atoms with Crippen LogP contribution in [0.5, 0.6) is 0 Å². The molecule has 0 spiro atoms. The van der Waals surface area contributed by atoms with Crippen molar-refractivity contribution < 1.29 is 9.59 Å². The van der Waals surface area contributed by atoms with Gasteiger partial charge >= 0.3 is 0 Å². The van der Waals surface area contributed by atoms with Gasteiger partial charge in [0, 0.05) is 28.9 Å². The van der Waals surface area contributed by atoms with Gasteiger partial charge in [-0.15, -0.1) is 12.4 Å². The molecule has 2 saturated carbocycles. The third kappa shape index (κ3) is 4.98. The molecule has 5 nitrogen and oxygen atoms in total. The number of rotatable bonds is 4. The number of hydrogen-bond donors (Lipinski definition) is 3. The smallest absolute Gasteiger partial charge is 0.255 e. The number of nitrogens with two attached hydrogens (primary N) is 1. The Morgan fingerprint density at radius 3 is 2.03 bits per heavy atom. The minimum atomic E-state index is -0.168. The molecular formula is C23H28ClN3O2. The van der Waals surface area contributed by atoms with E-state index in [1.165, 1.54) is 6.42 Å². The van der Waals surface area contributed by atoms with Crippen molar-refractivity contribution in [3.63, 3.8) is 0 Å². The molecule has 154 valence electrons. The number of benzene rings is 2. The molecule has 0 radical (unpaired) electrons. The van der Waals surface area contributed by atoms with Crippen molar-refractivity contribution in [3.05, 3.63) is 60.2 Å². The van der Waals surface area contributed by atoms with Crippen LogP contribution < -0.4 is 16.4 Å². The minimum absolute atomic E-state index is 0. The van der Waals surface area contributed by atoms with E-state index in [2.05, 4.69) is 10.6 Å². The SMILES string of the molecule is Cl.NC1C2CCCC1CC(C(=O)Nc1ccc(C(=O)Nc3ccccc3)cc1)C2. The van der Waals surface area contributed by atoms with Gasteiger partial charge in [-0.25, -0.2) is 0 Å². The summed E-state index contributed by atoms with van der Waals surface area (Å²) in [7, 11) is 0. The molecule has 0 saturated heterocycles. The summed E-state index contributed by atoms with van der Waals surface area (Å²) in [6.45, 7) is 0. The van der Waals surface area contributed by atoms with Crippen LogP contribution in [-0.2, 0) is 4.79 Å². The Morgan fingerprint density at radius 2 is 1.41 bits per heavy atom. The number of amides is 2. The predicted octanol–water partition coefficient (Wildman–Crippen LogP) is 4.45. The minimum Gasteiger partial charge on any atom is -0.327 e. The number of nitrogens with one attached hydrogen (secondary N) is 2. The Morgan fingerprint density at radius 1 is 0.828 bits per heavy atom. The molecule has 2 aromatic carbocycles. The van der Waals surface area contributed by atoms with E-state index in [0.717, 1.165) is 37.1 Å². The molecule has 0 heterocycles. The fourth-order valence-corrected chi connectivity index (χ4v) is 4.68. The highest BCUT2D eigenvalue weighted by atomic mass is 35.5. The predicted molar refractivity (Wildman–Crippen MR) is 118 cm³/mol. The fraction of sp³-hybridized carbons (Fsp3) is 0.391. The van der Waals surface area contributed by atoms with Gasteiger partial charge < -0.3 is 16.4 Å². The van der Waals surface area contributed by atoms with Crippen LogP contribution in [0.3, 0.4) is 0 Å². The first kappa shape index (κ1) is 21.3. The second-order valence-corrected chi connectivity index (χ2v) is 8.08. The van der Waals surface area contributed by atoms with Crippen molar-refractivity contribution >= 4 is 35.6 Å². The average Bonchev–Trinajstić information content (AvgIpc) is 2.69. The van der Waals surface area contributed by atoms with Crippen LogP contribution in [0.15, 0.2) is 54.6 Å². The van der Waals surface area contributed by atoms with Crippen LogP contribution in [0, 0.1) is 17.8 Å². The summed E-state index contributed by atoms with van der Waals surface area (Å²) in [4.78, 5) is 25.1. The van der Waals surface area contributed by atoms with Crippen molar-refractivity contribution in [2.24, 2.45) is 23.5 Å². The molecule has 4 N–H and O–H groups in total. The van der Waals surface area contributed by atoms with Crippen LogP contribution in [0.4, 0.5) is 11.4 Å². The highest BCUT2D eigenvalue weighted by Crippen LogP contribution is 2.42. The lowest BCUT2D eigenvalue weighted by atomic mass is 9.65. The normalized spacial score (nSPS) is 25.4. The molecule has 2 amide bonds. The largest absolute Gasteiger partial charge is 0.327 e. The van der Waals surface area contributed by atoms with E-state index in [1.807, 2.05) is 30.3 Å². The first-order chi connectivity index (χ1) is 13.6.